The molecular weight excluding hydrogens is 346 g/mol. The van der Waals surface area contributed by atoms with Crippen molar-refractivity contribution in [2.24, 2.45) is 0 Å². The van der Waals surface area contributed by atoms with E-state index in [0.29, 0.717) is 5.56 Å². The summed E-state index contributed by atoms with van der Waals surface area (Å²) >= 11 is 14.4. The van der Waals surface area contributed by atoms with Gasteiger partial charge in [0.2, 0.25) is 0 Å². The summed E-state index contributed by atoms with van der Waals surface area (Å²) in [6.07, 6.45) is 1.26. The first-order valence-electron chi connectivity index (χ1n) is 4.84. The van der Waals surface area contributed by atoms with E-state index >= 15 is 0 Å². The molecule has 1 aromatic heterocycles. The van der Waals surface area contributed by atoms with Gasteiger partial charge in [0, 0.05) is 5.56 Å². The number of hydrogen-bond acceptors (Lipinski definition) is 2. The van der Waals surface area contributed by atoms with Gasteiger partial charge in [-0.1, -0.05) is 35.3 Å². The van der Waals surface area contributed by atoms with Gasteiger partial charge in [-0.15, -0.1) is 0 Å². The Morgan fingerprint density at radius 2 is 2.11 bits per heavy atom. The minimum absolute atomic E-state index is 0.0153. The van der Waals surface area contributed by atoms with Gasteiger partial charge in [0.1, 0.15) is 10.3 Å². The number of hydrogen-bond donors (Lipinski definition) is 0. The van der Waals surface area contributed by atoms with Gasteiger partial charge in [-0.05, 0) is 22.0 Å². The molecule has 0 saturated carbocycles. The van der Waals surface area contributed by atoms with E-state index in [0.717, 1.165) is 0 Å². The molecule has 94 valence electrons. The minimum atomic E-state index is -0.544. The van der Waals surface area contributed by atoms with E-state index in [1.54, 1.807) is 12.1 Å². The highest BCUT2D eigenvalue weighted by Crippen LogP contribution is 2.19. The summed E-state index contributed by atoms with van der Waals surface area (Å²) in [5.74, 6) is -0.544. The molecule has 0 aliphatic rings. The van der Waals surface area contributed by atoms with E-state index < -0.39 is 5.82 Å². The fourth-order valence-corrected chi connectivity index (χ4v) is 2.06. The van der Waals surface area contributed by atoms with Crippen molar-refractivity contribution in [3.8, 4) is 0 Å². The van der Waals surface area contributed by atoms with Gasteiger partial charge in [-0.2, -0.15) is 0 Å². The Kier molecular flexibility index (Phi) is 4.04. The molecule has 0 N–H and O–H groups in total. The summed E-state index contributed by atoms with van der Waals surface area (Å²) in [5.41, 5.74) is -0.0741. The maximum Gasteiger partial charge on any atom is 0.269 e. The van der Waals surface area contributed by atoms with Crippen LogP contribution in [0.2, 0.25) is 10.2 Å². The van der Waals surface area contributed by atoms with Crippen LogP contribution in [0.5, 0.6) is 0 Å². The lowest BCUT2D eigenvalue weighted by molar-refractivity contribution is 0.594. The molecule has 0 atom stereocenters. The Bertz CT molecular complexity index is 660. The van der Waals surface area contributed by atoms with Crippen molar-refractivity contribution >= 4 is 39.1 Å². The summed E-state index contributed by atoms with van der Waals surface area (Å²) in [7, 11) is 0. The third-order valence-electron chi connectivity index (χ3n) is 2.31. The van der Waals surface area contributed by atoms with Gasteiger partial charge < -0.3 is 0 Å². The van der Waals surface area contributed by atoms with Crippen LogP contribution in [-0.4, -0.2) is 9.55 Å². The second kappa shape index (κ2) is 5.38. The number of rotatable bonds is 2. The highest BCUT2D eigenvalue weighted by molar-refractivity contribution is 9.10. The SMILES string of the molecule is O=c1c(Br)c(Cl)ncn1Cc1cccc(Cl)c1F. The Hall–Kier alpha value is -0.910. The fourth-order valence-electron chi connectivity index (χ4n) is 1.41. The topological polar surface area (TPSA) is 34.9 Å². The average Bonchev–Trinajstić information content (AvgIpc) is 2.35. The standard InChI is InChI=1S/C11H6BrCl2FN2O/c12-8-10(14)16-5-17(11(8)18)4-6-2-1-3-7(13)9(6)15/h1-3,5H,4H2. The molecule has 1 heterocycles. The molecule has 7 heteroatoms. The van der Waals surface area contributed by atoms with Crippen LogP contribution in [0.3, 0.4) is 0 Å². The third-order valence-corrected chi connectivity index (χ3v) is 3.83. The van der Waals surface area contributed by atoms with Crippen molar-refractivity contribution in [3.05, 3.63) is 60.9 Å². The first kappa shape index (κ1) is 13.5. The fraction of sp³-hybridized carbons (Fsp3) is 0.0909. The van der Waals surface area contributed by atoms with Crippen LogP contribution < -0.4 is 5.56 Å². The van der Waals surface area contributed by atoms with Crippen LogP contribution in [0.25, 0.3) is 0 Å². The molecule has 3 nitrogen and oxygen atoms in total. The van der Waals surface area contributed by atoms with Gasteiger partial charge in [0.05, 0.1) is 17.9 Å². The van der Waals surface area contributed by atoms with Crippen molar-refractivity contribution in [2.75, 3.05) is 0 Å². The number of nitrogens with zero attached hydrogens (tertiary/aromatic N) is 2. The Balaban J connectivity index is 2.44. The molecule has 0 aliphatic heterocycles. The van der Waals surface area contributed by atoms with E-state index in [4.69, 9.17) is 23.2 Å². The van der Waals surface area contributed by atoms with Gasteiger partial charge in [0.25, 0.3) is 5.56 Å². The van der Waals surface area contributed by atoms with Gasteiger partial charge >= 0.3 is 0 Å². The molecule has 0 bridgehead atoms. The summed E-state index contributed by atoms with van der Waals surface area (Å²) in [4.78, 5) is 15.6. The van der Waals surface area contributed by atoms with Crippen LogP contribution in [0.1, 0.15) is 5.56 Å². The van der Waals surface area contributed by atoms with Crippen molar-refractivity contribution in [3.63, 3.8) is 0 Å². The molecule has 0 unspecified atom stereocenters. The maximum absolute atomic E-state index is 13.7. The van der Waals surface area contributed by atoms with E-state index in [9.17, 15) is 9.18 Å². The average molecular weight is 352 g/mol. The second-order valence-electron chi connectivity index (χ2n) is 3.50. The van der Waals surface area contributed by atoms with Crippen LogP contribution in [0.4, 0.5) is 4.39 Å². The molecule has 2 rings (SSSR count). The zero-order valence-corrected chi connectivity index (χ0v) is 11.9. The number of benzene rings is 1. The summed E-state index contributed by atoms with van der Waals surface area (Å²) in [5, 5.41) is 0.0874. The van der Waals surface area contributed by atoms with Crippen molar-refractivity contribution in [1.29, 1.82) is 0 Å². The minimum Gasteiger partial charge on any atom is -0.294 e. The van der Waals surface area contributed by atoms with Gasteiger partial charge in [-0.3, -0.25) is 9.36 Å². The highest BCUT2D eigenvalue weighted by atomic mass is 79.9. The molecule has 0 aliphatic carbocycles. The van der Waals surface area contributed by atoms with Crippen molar-refractivity contribution < 1.29 is 4.39 Å². The van der Waals surface area contributed by atoms with Gasteiger partial charge in [0.15, 0.2) is 5.15 Å². The van der Waals surface area contributed by atoms with Crippen LogP contribution in [0.15, 0.2) is 33.8 Å². The van der Waals surface area contributed by atoms with E-state index in [1.807, 2.05) is 0 Å². The zero-order chi connectivity index (χ0) is 13.3. The third kappa shape index (κ3) is 2.58. The maximum atomic E-state index is 13.7. The first-order valence-corrected chi connectivity index (χ1v) is 6.39. The molecule has 0 amide bonds. The molecular formula is C11H6BrCl2FN2O. The van der Waals surface area contributed by atoms with Crippen LogP contribution in [0, 0.1) is 5.82 Å². The first-order chi connectivity index (χ1) is 8.50. The number of halogens is 4. The lowest BCUT2D eigenvalue weighted by Gasteiger charge is -2.08. The molecule has 0 saturated heterocycles. The Morgan fingerprint density at radius 1 is 1.39 bits per heavy atom. The van der Waals surface area contributed by atoms with E-state index in [-0.39, 0.29) is 26.8 Å². The monoisotopic (exact) mass is 350 g/mol. The molecule has 1 aromatic carbocycles. The predicted molar refractivity (Wildman–Crippen MR) is 71.7 cm³/mol. The van der Waals surface area contributed by atoms with Crippen molar-refractivity contribution in [2.45, 2.75) is 6.54 Å². The lowest BCUT2D eigenvalue weighted by Crippen LogP contribution is -2.22. The van der Waals surface area contributed by atoms with Gasteiger partial charge in [-0.25, -0.2) is 9.37 Å². The molecule has 18 heavy (non-hydrogen) atoms. The summed E-state index contributed by atoms with van der Waals surface area (Å²) in [6, 6.07) is 4.61. The highest BCUT2D eigenvalue weighted by Gasteiger charge is 2.10. The molecule has 0 fully saturated rings. The largest absolute Gasteiger partial charge is 0.294 e. The summed E-state index contributed by atoms with van der Waals surface area (Å²) < 4.78 is 15.1. The normalized spacial score (nSPS) is 10.7. The Labute approximate surface area is 120 Å². The second-order valence-corrected chi connectivity index (χ2v) is 5.05. The Morgan fingerprint density at radius 3 is 2.83 bits per heavy atom. The van der Waals surface area contributed by atoms with E-state index in [1.165, 1.54) is 17.0 Å². The molecule has 2 aromatic rings. The lowest BCUT2D eigenvalue weighted by atomic mass is 10.2. The molecule has 0 radical (unpaired) electrons. The smallest absolute Gasteiger partial charge is 0.269 e. The van der Waals surface area contributed by atoms with Crippen LogP contribution in [-0.2, 0) is 6.54 Å². The van der Waals surface area contributed by atoms with Crippen molar-refractivity contribution in [1.82, 2.24) is 9.55 Å². The molecule has 0 spiro atoms. The predicted octanol–water partition coefficient (Wildman–Crippen LogP) is 3.50. The summed E-state index contributed by atoms with van der Waals surface area (Å²) in [6.45, 7) is 0.0357. The number of aromatic nitrogens is 2. The van der Waals surface area contributed by atoms with Crippen LogP contribution >= 0.6 is 39.1 Å². The zero-order valence-electron chi connectivity index (χ0n) is 8.83. The quantitative estimate of drug-likeness (QED) is 0.776. The van der Waals surface area contributed by atoms with E-state index in [2.05, 4.69) is 20.9 Å².